The molecule has 0 fully saturated rings. The van der Waals surface area contributed by atoms with Crippen molar-refractivity contribution in [2.45, 2.75) is 0 Å². The molecule has 6 heteroatoms. The van der Waals surface area contributed by atoms with Crippen LogP contribution >= 0.6 is 0 Å². The van der Waals surface area contributed by atoms with Crippen LogP contribution in [0.25, 0.3) is 110 Å². The van der Waals surface area contributed by atoms with Gasteiger partial charge in [-0.05, 0) is 41.1 Å². The minimum atomic E-state index is 0.557. The van der Waals surface area contributed by atoms with Gasteiger partial charge in [-0.2, -0.15) is 0 Å². The Labute approximate surface area is 284 Å². The predicted octanol–water partition coefficient (Wildman–Crippen LogP) is 11.5. The second kappa shape index (κ2) is 10.3. The highest BCUT2D eigenvalue weighted by atomic mass is 16.3. The van der Waals surface area contributed by atoms with Crippen molar-refractivity contribution in [3.63, 3.8) is 0 Å². The number of para-hydroxylation sites is 2. The molecular formula is C44H24N4O2. The third-order valence-corrected chi connectivity index (χ3v) is 9.75. The van der Waals surface area contributed by atoms with Crippen molar-refractivity contribution < 1.29 is 8.83 Å². The molecule has 6 nitrogen and oxygen atoms in total. The van der Waals surface area contributed by atoms with Crippen molar-refractivity contribution >= 4 is 76.3 Å². The molecule has 0 saturated carbocycles. The van der Waals surface area contributed by atoms with Crippen LogP contribution in [0.4, 0.5) is 0 Å². The van der Waals surface area contributed by atoms with E-state index in [1.807, 2.05) is 66.9 Å². The first-order valence-electron chi connectivity index (χ1n) is 16.5. The van der Waals surface area contributed by atoms with Crippen molar-refractivity contribution in [3.8, 4) is 34.2 Å². The summed E-state index contributed by atoms with van der Waals surface area (Å²) in [5.41, 5.74) is 6.67. The van der Waals surface area contributed by atoms with Gasteiger partial charge in [-0.1, -0.05) is 109 Å². The van der Waals surface area contributed by atoms with Crippen LogP contribution in [0.15, 0.2) is 155 Å². The third kappa shape index (κ3) is 3.96. The molecule has 0 spiro atoms. The highest BCUT2D eigenvalue weighted by Crippen LogP contribution is 2.40. The zero-order chi connectivity index (χ0) is 32.8. The Morgan fingerprint density at radius 1 is 0.380 bits per heavy atom. The van der Waals surface area contributed by atoms with E-state index in [0.29, 0.717) is 17.5 Å². The van der Waals surface area contributed by atoms with Gasteiger partial charge in [-0.15, -0.1) is 0 Å². The monoisotopic (exact) mass is 640 g/mol. The maximum absolute atomic E-state index is 6.26. The molecule has 0 aliphatic rings. The van der Waals surface area contributed by atoms with Gasteiger partial charge in [0.2, 0.25) is 0 Å². The number of pyridine rings is 1. The first-order chi connectivity index (χ1) is 24.8. The molecule has 0 N–H and O–H groups in total. The number of hydrogen-bond donors (Lipinski definition) is 0. The molecule has 0 unspecified atom stereocenters. The molecule has 4 aromatic heterocycles. The summed E-state index contributed by atoms with van der Waals surface area (Å²) in [5.74, 6) is 1.68. The SMILES string of the molecule is c1ccc2c(c1)ccc1cnc3cc(-c4nc(-c5cccc6oc7ccccc7c56)nc(-c5cccc6oc7ccccc7c56)n4)ccc3c12. The van der Waals surface area contributed by atoms with Crippen molar-refractivity contribution in [2.24, 2.45) is 0 Å². The average Bonchev–Trinajstić information content (AvgIpc) is 3.76. The van der Waals surface area contributed by atoms with E-state index in [1.54, 1.807) is 0 Å². The molecule has 0 saturated heterocycles. The number of hydrogen-bond acceptors (Lipinski definition) is 6. The van der Waals surface area contributed by atoms with Crippen LogP contribution in [0.3, 0.4) is 0 Å². The summed E-state index contributed by atoms with van der Waals surface area (Å²) < 4.78 is 12.5. The van der Waals surface area contributed by atoms with E-state index < -0.39 is 0 Å². The van der Waals surface area contributed by atoms with Crippen LogP contribution in [0.2, 0.25) is 0 Å². The van der Waals surface area contributed by atoms with Crippen LogP contribution in [0.1, 0.15) is 0 Å². The second-order valence-electron chi connectivity index (χ2n) is 12.6. The Morgan fingerprint density at radius 3 is 1.62 bits per heavy atom. The lowest BCUT2D eigenvalue weighted by molar-refractivity contribution is 0.668. The Hall–Kier alpha value is -6.92. The minimum Gasteiger partial charge on any atom is -0.456 e. The zero-order valence-corrected chi connectivity index (χ0v) is 26.5. The molecule has 0 bridgehead atoms. The topological polar surface area (TPSA) is 77.8 Å². The highest BCUT2D eigenvalue weighted by molar-refractivity contribution is 6.19. The highest BCUT2D eigenvalue weighted by Gasteiger charge is 2.20. The Morgan fingerprint density at radius 2 is 0.940 bits per heavy atom. The minimum absolute atomic E-state index is 0.557. The Balaban J connectivity index is 1.19. The summed E-state index contributed by atoms with van der Waals surface area (Å²) in [4.78, 5) is 20.4. The summed E-state index contributed by atoms with van der Waals surface area (Å²) in [7, 11) is 0. The lowest BCUT2D eigenvalue weighted by Crippen LogP contribution is -2.01. The van der Waals surface area contributed by atoms with Crippen molar-refractivity contribution in [3.05, 3.63) is 146 Å². The maximum Gasteiger partial charge on any atom is 0.164 e. The van der Waals surface area contributed by atoms with Gasteiger partial charge in [-0.3, -0.25) is 4.98 Å². The van der Waals surface area contributed by atoms with Crippen molar-refractivity contribution in [1.29, 1.82) is 0 Å². The molecule has 0 atom stereocenters. The van der Waals surface area contributed by atoms with Crippen LogP contribution < -0.4 is 0 Å². The van der Waals surface area contributed by atoms with Gasteiger partial charge in [0.05, 0.1) is 5.52 Å². The van der Waals surface area contributed by atoms with E-state index in [4.69, 9.17) is 28.8 Å². The molecule has 11 rings (SSSR count). The molecule has 0 radical (unpaired) electrons. The third-order valence-electron chi connectivity index (χ3n) is 9.75. The molecule has 0 amide bonds. The molecular weight excluding hydrogens is 617 g/mol. The van der Waals surface area contributed by atoms with E-state index in [-0.39, 0.29) is 0 Å². The molecule has 232 valence electrons. The van der Waals surface area contributed by atoms with E-state index >= 15 is 0 Å². The Bertz CT molecular complexity index is 3040. The summed E-state index contributed by atoms with van der Waals surface area (Å²) >= 11 is 0. The molecule has 0 aliphatic heterocycles. The number of furan rings is 2. The van der Waals surface area contributed by atoms with Crippen LogP contribution in [-0.2, 0) is 0 Å². The molecule has 0 aliphatic carbocycles. The average molecular weight is 641 g/mol. The van der Waals surface area contributed by atoms with Crippen LogP contribution in [0, 0.1) is 0 Å². The van der Waals surface area contributed by atoms with Gasteiger partial charge >= 0.3 is 0 Å². The number of rotatable bonds is 3. The van der Waals surface area contributed by atoms with E-state index in [9.17, 15) is 0 Å². The summed E-state index contributed by atoms with van der Waals surface area (Å²) in [6, 6.07) is 47.3. The lowest BCUT2D eigenvalue weighted by Gasteiger charge is -2.11. The van der Waals surface area contributed by atoms with Gasteiger partial charge in [0.1, 0.15) is 22.3 Å². The number of benzene rings is 7. The number of aromatic nitrogens is 4. The first-order valence-corrected chi connectivity index (χ1v) is 16.5. The van der Waals surface area contributed by atoms with Crippen molar-refractivity contribution in [1.82, 2.24) is 19.9 Å². The van der Waals surface area contributed by atoms with Crippen LogP contribution in [-0.4, -0.2) is 19.9 Å². The summed E-state index contributed by atoms with van der Waals surface area (Å²) in [6.45, 7) is 0. The first kappa shape index (κ1) is 27.1. The molecule has 4 heterocycles. The van der Waals surface area contributed by atoms with E-state index in [2.05, 4.69) is 78.9 Å². The summed E-state index contributed by atoms with van der Waals surface area (Å²) in [6.07, 6.45) is 1.95. The largest absolute Gasteiger partial charge is 0.456 e. The maximum atomic E-state index is 6.26. The van der Waals surface area contributed by atoms with Crippen molar-refractivity contribution in [2.75, 3.05) is 0 Å². The summed E-state index contributed by atoms with van der Waals surface area (Å²) in [5, 5.41) is 9.75. The van der Waals surface area contributed by atoms with Gasteiger partial charge in [0, 0.05) is 60.6 Å². The number of nitrogens with zero attached hydrogens (tertiary/aromatic N) is 4. The fourth-order valence-electron chi connectivity index (χ4n) is 7.49. The Kier molecular flexibility index (Phi) is 5.57. The normalized spacial score (nSPS) is 12.0. The van der Waals surface area contributed by atoms with E-state index in [1.165, 1.54) is 16.2 Å². The smallest absolute Gasteiger partial charge is 0.164 e. The second-order valence-corrected chi connectivity index (χ2v) is 12.6. The molecule has 7 aromatic carbocycles. The number of fused-ring (bicyclic) bond motifs is 11. The van der Waals surface area contributed by atoms with Crippen LogP contribution in [0.5, 0.6) is 0 Å². The zero-order valence-electron chi connectivity index (χ0n) is 26.5. The molecule has 11 aromatic rings. The van der Waals surface area contributed by atoms with Gasteiger partial charge in [0.15, 0.2) is 17.5 Å². The van der Waals surface area contributed by atoms with Gasteiger partial charge in [0.25, 0.3) is 0 Å². The van der Waals surface area contributed by atoms with E-state index in [0.717, 1.165) is 76.9 Å². The van der Waals surface area contributed by atoms with Gasteiger partial charge < -0.3 is 8.83 Å². The quantitative estimate of drug-likeness (QED) is 0.179. The van der Waals surface area contributed by atoms with Gasteiger partial charge in [-0.25, -0.2) is 15.0 Å². The molecule has 50 heavy (non-hydrogen) atoms. The standard InChI is InChI=1S/C44H24N4O2/c1-2-10-28-25(9-1)19-20-27-24-45-34-23-26(21-22-29(34)39(27)28)42-46-43(32-13-7-17-37-40(32)30-11-3-5-15-35(30)49-37)48-44(47-42)33-14-8-18-38-41(33)31-12-4-6-16-36(31)50-38/h1-24H. The fourth-order valence-corrected chi connectivity index (χ4v) is 7.49. The predicted molar refractivity (Wildman–Crippen MR) is 201 cm³/mol. The lowest BCUT2D eigenvalue weighted by atomic mass is 9.98. The fraction of sp³-hybridized carbons (Fsp3) is 0.